The third-order valence-electron chi connectivity index (χ3n) is 4.88. The van der Waals surface area contributed by atoms with Gasteiger partial charge in [0.25, 0.3) is 0 Å². The maximum atomic E-state index is 13.6. The molecule has 0 spiro atoms. The van der Waals surface area contributed by atoms with Gasteiger partial charge in [0.05, 0.1) is 12.1 Å². The van der Waals surface area contributed by atoms with Crippen molar-refractivity contribution in [3.05, 3.63) is 77.9 Å². The zero-order valence-electron chi connectivity index (χ0n) is 16.8. The SMILES string of the molecule is CCNC(=NCc1cccc2cccnc12)NCCc1c[nH]c2ccc(F)cc12.I. The third kappa shape index (κ3) is 5.08. The van der Waals surface area contributed by atoms with Gasteiger partial charge in [0.1, 0.15) is 5.82 Å². The van der Waals surface area contributed by atoms with Crippen LogP contribution in [0.1, 0.15) is 18.1 Å². The summed E-state index contributed by atoms with van der Waals surface area (Å²) in [5.41, 5.74) is 4.11. The van der Waals surface area contributed by atoms with Crippen LogP contribution in [-0.2, 0) is 13.0 Å². The predicted molar refractivity (Wildman–Crippen MR) is 132 cm³/mol. The number of pyridine rings is 1. The van der Waals surface area contributed by atoms with E-state index in [9.17, 15) is 4.39 Å². The Hall–Kier alpha value is -2.68. The molecule has 0 amide bonds. The minimum absolute atomic E-state index is 0. The van der Waals surface area contributed by atoms with Crippen LogP contribution in [0.25, 0.3) is 21.8 Å². The summed E-state index contributed by atoms with van der Waals surface area (Å²) in [7, 11) is 0. The van der Waals surface area contributed by atoms with Gasteiger partial charge in [-0.05, 0) is 48.7 Å². The van der Waals surface area contributed by atoms with Crippen LogP contribution in [0.5, 0.6) is 0 Å². The van der Waals surface area contributed by atoms with E-state index in [1.165, 1.54) is 6.07 Å². The van der Waals surface area contributed by atoms with Crippen LogP contribution in [-0.4, -0.2) is 29.0 Å². The summed E-state index contributed by atoms with van der Waals surface area (Å²) in [6, 6.07) is 15.0. The fraction of sp³-hybridized carbons (Fsp3) is 0.217. The molecule has 2 aromatic carbocycles. The molecule has 0 saturated carbocycles. The molecule has 0 unspecified atom stereocenters. The number of hydrogen-bond donors (Lipinski definition) is 3. The highest BCUT2D eigenvalue weighted by atomic mass is 127. The molecule has 0 radical (unpaired) electrons. The van der Waals surface area contributed by atoms with Gasteiger partial charge >= 0.3 is 0 Å². The molecule has 0 aliphatic rings. The van der Waals surface area contributed by atoms with Crippen molar-refractivity contribution in [3.8, 4) is 0 Å². The fourth-order valence-corrected chi connectivity index (χ4v) is 3.47. The van der Waals surface area contributed by atoms with E-state index in [1.54, 1.807) is 12.1 Å². The van der Waals surface area contributed by atoms with E-state index in [4.69, 9.17) is 4.99 Å². The number of rotatable bonds is 6. The topological polar surface area (TPSA) is 65.1 Å². The molecule has 0 atom stereocenters. The lowest BCUT2D eigenvalue weighted by molar-refractivity contribution is 0.629. The largest absolute Gasteiger partial charge is 0.361 e. The number of aromatic nitrogens is 2. The second-order valence-corrected chi connectivity index (χ2v) is 6.87. The number of halogens is 2. The summed E-state index contributed by atoms with van der Waals surface area (Å²) >= 11 is 0. The standard InChI is InChI=1S/C23H24FN5.HI/c1-2-25-23(29-15-18-6-3-5-16-7-4-11-26-22(16)18)27-12-10-17-14-28-21-9-8-19(24)13-20(17)21;/h3-9,11,13-14,28H,2,10,12,15H2,1H3,(H2,25,27,29);1H. The molecule has 4 rings (SSSR count). The summed E-state index contributed by atoms with van der Waals surface area (Å²) in [5.74, 6) is 0.538. The highest BCUT2D eigenvalue weighted by Crippen LogP contribution is 2.19. The Bertz CT molecular complexity index is 1150. The number of hydrogen-bond acceptors (Lipinski definition) is 2. The number of para-hydroxylation sites is 1. The minimum atomic E-state index is -0.218. The molecular formula is C23H25FIN5. The molecule has 2 heterocycles. The van der Waals surface area contributed by atoms with Crippen molar-refractivity contribution in [2.75, 3.05) is 13.1 Å². The van der Waals surface area contributed by atoms with Gasteiger partial charge in [-0.2, -0.15) is 0 Å². The molecule has 0 aliphatic heterocycles. The Kier molecular flexibility index (Phi) is 7.62. The van der Waals surface area contributed by atoms with Crippen LogP contribution in [0, 0.1) is 5.82 Å². The van der Waals surface area contributed by atoms with Crippen LogP contribution in [0.2, 0.25) is 0 Å². The number of nitrogens with one attached hydrogen (secondary N) is 3. The summed E-state index contributed by atoms with van der Waals surface area (Å²) in [6.45, 7) is 4.06. The smallest absolute Gasteiger partial charge is 0.191 e. The number of benzene rings is 2. The number of aliphatic imine (C=N–C) groups is 1. The van der Waals surface area contributed by atoms with Crippen LogP contribution in [0.15, 0.2) is 65.9 Å². The van der Waals surface area contributed by atoms with Gasteiger partial charge < -0.3 is 15.6 Å². The van der Waals surface area contributed by atoms with Crippen molar-refractivity contribution in [1.82, 2.24) is 20.6 Å². The molecule has 2 aromatic heterocycles. The first-order valence-corrected chi connectivity index (χ1v) is 9.85. The molecular weight excluding hydrogens is 492 g/mol. The van der Waals surface area contributed by atoms with Crippen LogP contribution in [0.4, 0.5) is 4.39 Å². The lowest BCUT2D eigenvalue weighted by Crippen LogP contribution is -2.38. The summed E-state index contributed by atoms with van der Waals surface area (Å²) < 4.78 is 13.6. The molecule has 3 N–H and O–H groups in total. The maximum Gasteiger partial charge on any atom is 0.191 e. The van der Waals surface area contributed by atoms with Gasteiger partial charge in [0, 0.05) is 41.8 Å². The van der Waals surface area contributed by atoms with E-state index in [1.807, 2.05) is 31.5 Å². The molecule has 0 fully saturated rings. The summed E-state index contributed by atoms with van der Waals surface area (Å²) in [5, 5.41) is 8.69. The quantitative estimate of drug-likeness (QED) is 0.196. The van der Waals surface area contributed by atoms with E-state index < -0.39 is 0 Å². The molecule has 0 saturated heterocycles. The monoisotopic (exact) mass is 517 g/mol. The van der Waals surface area contributed by atoms with Crippen molar-refractivity contribution in [2.45, 2.75) is 19.9 Å². The van der Waals surface area contributed by atoms with Crippen LogP contribution < -0.4 is 10.6 Å². The van der Waals surface area contributed by atoms with Gasteiger partial charge in [-0.25, -0.2) is 9.38 Å². The van der Waals surface area contributed by atoms with Crippen molar-refractivity contribution < 1.29 is 4.39 Å². The predicted octanol–water partition coefficient (Wildman–Crippen LogP) is 4.77. The van der Waals surface area contributed by atoms with Gasteiger partial charge in [-0.3, -0.25) is 4.98 Å². The Morgan fingerprint density at radius 2 is 1.97 bits per heavy atom. The van der Waals surface area contributed by atoms with Crippen molar-refractivity contribution in [2.24, 2.45) is 4.99 Å². The first-order chi connectivity index (χ1) is 14.2. The minimum Gasteiger partial charge on any atom is -0.361 e. The van der Waals surface area contributed by atoms with Crippen LogP contribution >= 0.6 is 24.0 Å². The average Bonchev–Trinajstić information content (AvgIpc) is 3.14. The van der Waals surface area contributed by atoms with Crippen molar-refractivity contribution >= 4 is 51.7 Å². The van der Waals surface area contributed by atoms with E-state index in [0.717, 1.165) is 51.9 Å². The molecule has 0 aliphatic carbocycles. The lowest BCUT2D eigenvalue weighted by Gasteiger charge is -2.11. The molecule has 7 heteroatoms. The first-order valence-electron chi connectivity index (χ1n) is 9.85. The van der Waals surface area contributed by atoms with Gasteiger partial charge in [-0.1, -0.05) is 24.3 Å². The zero-order valence-corrected chi connectivity index (χ0v) is 19.1. The Morgan fingerprint density at radius 1 is 1.10 bits per heavy atom. The van der Waals surface area contributed by atoms with E-state index in [0.29, 0.717) is 13.1 Å². The van der Waals surface area contributed by atoms with Gasteiger partial charge in [0.2, 0.25) is 0 Å². The molecule has 0 bridgehead atoms. The number of guanidine groups is 1. The first kappa shape index (κ1) is 22.0. The Labute approximate surface area is 192 Å². The Balaban J connectivity index is 0.00000256. The van der Waals surface area contributed by atoms with E-state index in [2.05, 4.69) is 38.8 Å². The highest BCUT2D eigenvalue weighted by molar-refractivity contribution is 14.0. The Morgan fingerprint density at radius 3 is 2.83 bits per heavy atom. The molecule has 30 heavy (non-hydrogen) atoms. The van der Waals surface area contributed by atoms with Gasteiger partial charge in [0.15, 0.2) is 5.96 Å². The van der Waals surface area contributed by atoms with Crippen molar-refractivity contribution in [1.29, 1.82) is 0 Å². The summed E-state index contributed by atoms with van der Waals surface area (Å²) in [4.78, 5) is 12.4. The molecule has 5 nitrogen and oxygen atoms in total. The number of H-pyrrole nitrogens is 1. The maximum absolute atomic E-state index is 13.6. The second-order valence-electron chi connectivity index (χ2n) is 6.87. The van der Waals surface area contributed by atoms with Crippen LogP contribution in [0.3, 0.4) is 0 Å². The second kappa shape index (κ2) is 10.4. The third-order valence-corrected chi connectivity index (χ3v) is 4.88. The number of fused-ring (bicyclic) bond motifs is 2. The molecule has 4 aromatic rings. The normalized spacial score (nSPS) is 11.5. The summed E-state index contributed by atoms with van der Waals surface area (Å²) in [6.07, 6.45) is 4.52. The zero-order chi connectivity index (χ0) is 20.1. The van der Waals surface area contributed by atoms with Crippen molar-refractivity contribution in [3.63, 3.8) is 0 Å². The van der Waals surface area contributed by atoms with E-state index >= 15 is 0 Å². The number of aromatic amines is 1. The lowest BCUT2D eigenvalue weighted by atomic mass is 10.1. The average molecular weight is 517 g/mol. The van der Waals surface area contributed by atoms with E-state index in [-0.39, 0.29) is 29.8 Å². The van der Waals surface area contributed by atoms with Gasteiger partial charge in [-0.15, -0.1) is 24.0 Å². The molecule has 156 valence electrons. The highest BCUT2D eigenvalue weighted by Gasteiger charge is 2.06. The number of nitrogens with zero attached hydrogens (tertiary/aromatic N) is 2. The fourth-order valence-electron chi connectivity index (χ4n) is 3.47.